The molecule has 22 heavy (non-hydrogen) atoms. The largest absolute Gasteiger partial charge is 0.269 e. The topological polar surface area (TPSA) is 97.6 Å². The number of hydrogen-bond acceptors (Lipinski definition) is 5. The fraction of sp³-hybridized carbons (Fsp3) is 0.538. The second-order valence-corrected chi connectivity index (χ2v) is 10.00. The number of non-ortho nitro benzene ring substituents is 1. The van der Waals surface area contributed by atoms with Crippen LogP contribution in [0.1, 0.15) is 19.4 Å². The van der Waals surface area contributed by atoms with E-state index in [0.717, 1.165) is 0 Å². The van der Waals surface area contributed by atoms with Crippen LogP contribution in [0.2, 0.25) is 0 Å². The van der Waals surface area contributed by atoms with Gasteiger partial charge in [0, 0.05) is 41.8 Å². The SMILES string of the molecule is CC1(C)CN(S(=O)(=O)Cc2ccc([N+](=O)[O-])cc2)CC[S@]1=O. The van der Waals surface area contributed by atoms with Crippen molar-refractivity contribution in [2.45, 2.75) is 24.3 Å². The Bertz CT molecular complexity index is 698. The van der Waals surface area contributed by atoms with Gasteiger partial charge in [-0.15, -0.1) is 0 Å². The lowest BCUT2D eigenvalue weighted by Crippen LogP contribution is -2.52. The van der Waals surface area contributed by atoms with E-state index in [2.05, 4.69) is 0 Å². The number of nitro groups is 1. The monoisotopic (exact) mass is 346 g/mol. The van der Waals surface area contributed by atoms with Crippen molar-refractivity contribution in [1.82, 2.24) is 4.31 Å². The first-order chi connectivity index (χ1) is 10.1. The summed E-state index contributed by atoms with van der Waals surface area (Å²) in [4.78, 5) is 10.1. The first kappa shape index (κ1) is 17.0. The van der Waals surface area contributed by atoms with Crippen LogP contribution in [0.15, 0.2) is 24.3 Å². The lowest BCUT2D eigenvalue weighted by atomic mass is 10.2. The van der Waals surface area contributed by atoms with E-state index in [4.69, 9.17) is 0 Å². The molecule has 9 heteroatoms. The maximum Gasteiger partial charge on any atom is 0.269 e. The summed E-state index contributed by atoms with van der Waals surface area (Å²) in [5, 5.41) is 10.6. The van der Waals surface area contributed by atoms with Crippen LogP contribution in [0.4, 0.5) is 5.69 Å². The molecule has 0 N–H and O–H groups in total. The third-order valence-corrected chi connectivity index (χ3v) is 7.30. The van der Waals surface area contributed by atoms with Crippen LogP contribution in [0.5, 0.6) is 0 Å². The highest BCUT2D eigenvalue weighted by atomic mass is 32.2. The molecule has 1 aromatic rings. The van der Waals surface area contributed by atoms with Crippen LogP contribution in [0, 0.1) is 10.1 Å². The van der Waals surface area contributed by atoms with E-state index in [9.17, 15) is 22.7 Å². The van der Waals surface area contributed by atoms with Gasteiger partial charge in [-0.2, -0.15) is 4.31 Å². The molecule has 0 aliphatic carbocycles. The lowest BCUT2D eigenvalue weighted by Gasteiger charge is -2.36. The minimum absolute atomic E-state index is 0.0735. The molecule has 0 bridgehead atoms. The number of hydrogen-bond donors (Lipinski definition) is 0. The van der Waals surface area contributed by atoms with Crippen molar-refractivity contribution in [3.05, 3.63) is 39.9 Å². The van der Waals surface area contributed by atoms with Gasteiger partial charge in [0.15, 0.2) is 0 Å². The van der Waals surface area contributed by atoms with Gasteiger partial charge in [0.1, 0.15) is 0 Å². The summed E-state index contributed by atoms with van der Waals surface area (Å²) in [5.41, 5.74) is 0.422. The molecule has 7 nitrogen and oxygen atoms in total. The molecule has 0 spiro atoms. The van der Waals surface area contributed by atoms with E-state index in [0.29, 0.717) is 11.3 Å². The van der Waals surface area contributed by atoms with E-state index in [1.165, 1.54) is 28.6 Å². The van der Waals surface area contributed by atoms with E-state index < -0.39 is 30.5 Å². The van der Waals surface area contributed by atoms with Gasteiger partial charge < -0.3 is 0 Å². The van der Waals surface area contributed by atoms with Crippen LogP contribution >= 0.6 is 0 Å². The van der Waals surface area contributed by atoms with Gasteiger partial charge in [-0.3, -0.25) is 14.3 Å². The molecular formula is C13H18N2O5S2. The molecule has 1 aliphatic rings. The quantitative estimate of drug-likeness (QED) is 0.604. The van der Waals surface area contributed by atoms with Crippen LogP contribution < -0.4 is 0 Å². The lowest BCUT2D eigenvalue weighted by molar-refractivity contribution is -0.384. The second-order valence-electron chi connectivity index (χ2n) is 5.82. The second kappa shape index (κ2) is 6.05. The molecule has 2 rings (SSSR count). The average Bonchev–Trinajstić information content (AvgIpc) is 2.41. The summed E-state index contributed by atoms with van der Waals surface area (Å²) in [6.07, 6.45) is 0. The van der Waals surface area contributed by atoms with Crippen LogP contribution in [-0.2, 0) is 26.6 Å². The Labute approximate surface area is 132 Å². The Morgan fingerprint density at radius 1 is 1.32 bits per heavy atom. The molecule has 0 amide bonds. The Hall–Kier alpha value is -1.32. The highest BCUT2D eigenvalue weighted by molar-refractivity contribution is 7.89. The fourth-order valence-corrected chi connectivity index (χ4v) is 5.41. The van der Waals surface area contributed by atoms with Crippen molar-refractivity contribution in [3.63, 3.8) is 0 Å². The fourth-order valence-electron chi connectivity index (χ4n) is 2.29. The van der Waals surface area contributed by atoms with Gasteiger partial charge in [-0.1, -0.05) is 12.1 Å². The van der Waals surface area contributed by atoms with Crippen molar-refractivity contribution < 1.29 is 17.6 Å². The van der Waals surface area contributed by atoms with Gasteiger partial charge in [0.2, 0.25) is 10.0 Å². The van der Waals surface area contributed by atoms with E-state index in [1.54, 1.807) is 13.8 Å². The molecule has 0 radical (unpaired) electrons. The molecule has 122 valence electrons. The van der Waals surface area contributed by atoms with Crippen molar-refractivity contribution in [1.29, 1.82) is 0 Å². The van der Waals surface area contributed by atoms with E-state index in [-0.39, 0.29) is 24.5 Å². The van der Waals surface area contributed by atoms with Crippen molar-refractivity contribution in [2.75, 3.05) is 18.8 Å². The predicted molar refractivity (Wildman–Crippen MR) is 84.4 cm³/mol. The summed E-state index contributed by atoms with van der Waals surface area (Å²) in [7, 11) is -4.58. The minimum atomic E-state index is -3.53. The standard InChI is InChI=1S/C13H18N2O5S2/c1-13(2)10-14(7-8-21(13)18)22(19,20)9-11-3-5-12(6-4-11)15(16)17/h3-6H,7-10H2,1-2H3/t21-/m1/s1. The molecule has 0 unspecified atom stereocenters. The maximum absolute atomic E-state index is 12.5. The molecule has 0 saturated carbocycles. The summed E-state index contributed by atoms with van der Waals surface area (Å²) >= 11 is 0. The minimum Gasteiger partial charge on any atom is -0.259 e. The normalized spacial score (nSPS) is 22.4. The first-order valence-electron chi connectivity index (χ1n) is 6.71. The van der Waals surface area contributed by atoms with Crippen molar-refractivity contribution in [3.8, 4) is 0 Å². The number of rotatable bonds is 4. The van der Waals surface area contributed by atoms with Gasteiger partial charge in [-0.05, 0) is 19.4 Å². The molecule has 1 fully saturated rings. The summed E-state index contributed by atoms with van der Waals surface area (Å²) in [6.45, 7) is 4.04. The first-order valence-corrected chi connectivity index (χ1v) is 9.64. The highest BCUT2D eigenvalue weighted by Crippen LogP contribution is 2.24. The number of nitrogens with zero attached hydrogens (tertiary/aromatic N) is 2. The molecule has 0 aromatic heterocycles. The Morgan fingerprint density at radius 3 is 2.41 bits per heavy atom. The third kappa shape index (κ3) is 3.71. The average molecular weight is 346 g/mol. The Kier molecular flexibility index (Phi) is 4.69. The molecule has 1 aromatic carbocycles. The molecule has 1 atom stereocenters. The Balaban J connectivity index is 2.14. The number of benzene rings is 1. The summed E-state index contributed by atoms with van der Waals surface area (Å²) in [5.74, 6) is 0.111. The molecular weight excluding hydrogens is 328 g/mol. The van der Waals surface area contributed by atoms with Crippen LogP contribution in [-0.4, -0.2) is 45.4 Å². The molecule has 1 heterocycles. The zero-order valence-electron chi connectivity index (χ0n) is 12.4. The van der Waals surface area contributed by atoms with Crippen molar-refractivity contribution >= 4 is 26.5 Å². The van der Waals surface area contributed by atoms with Gasteiger partial charge in [-0.25, -0.2) is 8.42 Å². The molecule has 1 saturated heterocycles. The van der Waals surface area contributed by atoms with Gasteiger partial charge >= 0.3 is 0 Å². The van der Waals surface area contributed by atoms with Crippen LogP contribution in [0.3, 0.4) is 0 Å². The van der Waals surface area contributed by atoms with Gasteiger partial charge in [0.05, 0.1) is 15.4 Å². The smallest absolute Gasteiger partial charge is 0.259 e. The summed E-state index contributed by atoms with van der Waals surface area (Å²) in [6, 6.07) is 5.48. The summed E-state index contributed by atoms with van der Waals surface area (Å²) < 4.78 is 37.6. The van der Waals surface area contributed by atoms with E-state index >= 15 is 0 Å². The third-order valence-electron chi connectivity index (χ3n) is 3.59. The Morgan fingerprint density at radius 2 is 1.91 bits per heavy atom. The zero-order chi connectivity index (χ0) is 16.5. The van der Waals surface area contributed by atoms with Crippen molar-refractivity contribution in [2.24, 2.45) is 0 Å². The molecule has 1 aliphatic heterocycles. The number of sulfonamides is 1. The maximum atomic E-state index is 12.5. The van der Waals surface area contributed by atoms with E-state index in [1.807, 2.05) is 0 Å². The number of nitro benzene ring substituents is 1. The highest BCUT2D eigenvalue weighted by Gasteiger charge is 2.38. The zero-order valence-corrected chi connectivity index (χ0v) is 14.0. The van der Waals surface area contributed by atoms with Crippen LogP contribution in [0.25, 0.3) is 0 Å². The van der Waals surface area contributed by atoms with Gasteiger partial charge in [0.25, 0.3) is 5.69 Å². The predicted octanol–water partition coefficient (Wildman–Crippen LogP) is 1.27.